The molecule has 0 fully saturated rings. The predicted molar refractivity (Wildman–Crippen MR) is 121 cm³/mol. The summed E-state index contributed by atoms with van der Waals surface area (Å²) in [6.45, 7) is 4.23. The molecule has 4 rings (SSSR count). The Labute approximate surface area is 178 Å². The van der Waals surface area contributed by atoms with Crippen LogP contribution in [0.25, 0.3) is 11.1 Å². The number of fused-ring (bicyclic) bond motifs is 1. The zero-order chi connectivity index (χ0) is 21.2. The van der Waals surface area contributed by atoms with E-state index in [1.165, 1.54) is 11.1 Å². The van der Waals surface area contributed by atoms with Crippen molar-refractivity contribution < 1.29 is 5.11 Å². The van der Waals surface area contributed by atoms with E-state index in [0.29, 0.717) is 5.56 Å². The molecule has 5 nitrogen and oxygen atoms in total. The van der Waals surface area contributed by atoms with E-state index < -0.39 is 0 Å². The Balaban J connectivity index is 0.000000216. The molecule has 30 heavy (non-hydrogen) atoms. The zero-order valence-corrected chi connectivity index (χ0v) is 17.3. The number of nitrogens with one attached hydrogen (secondary N) is 2. The van der Waals surface area contributed by atoms with Gasteiger partial charge in [-0.15, -0.1) is 0 Å². The smallest absolute Gasteiger partial charge is 0.0991 e. The summed E-state index contributed by atoms with van der Waals surface area (Å²) in [6, 6.07) is 20.3. The van der Waals surface area contributed by atoms with E-state index in [0.717, 1.165) is 42.7 Å². The Bertz CT molecular complexity index is 982. The van der Waals surface area contributed by atoms with Crippen LogP contribution >= 0.6 is 0 Å². The maximum absolute atomic E-state index is 9.21. The first kappa shape index (κ1) is 21.5. The van der Waals surface area contributed by atoms with Gasteiger partial charge in [-0.1, -0.05) is 25.1 Å². The number of benzene rings is 2. The molecule has 0 spiro atoms. The van der Waals surface area contributed by atoms with E-state index in [2.05, 4.69) is 46.8 Å². The van der Waals surface area contributed by atoms with Crippen molar-refractivity contribution >= 4 is 5.69 Å². The highest BCUT2D eigenvalue weighted by atomic mass is 16.3. The van der Waals surface area contributed by atoms with Gasteiger partial charge in [0.15, 0.2) is 0 Å². The first-order chi connectivity index (χ1) is 14.7. The van der Waals surface area contributed by atoms with Gasteiger partial charge in [0.2, 0.25) is 0 Å². The second kappa shape index (κ2) is 11.1. The fourth-order valence-electron chi connectivity index (χ4n) is 3.42. The number of rotatable bonds is 5. The number of aliphatic hydroxyl groups is 1. The lowest BCUT2D eigenvalue weighted by molar-refractivity contribution is 0.267. The van der Waals surface area contributed by atoms with Gasteiger partial charge in [-0.25, -0.2) is 0 Å². The first-order valence-electron chi connectivity index (χ1n) is 10.3. The van der Waals surface area contributed by atoms with Crippen LogP contribution in [-0.4, -0.2) is 29.3 Å². The molecule has 2 aromatic carbocycles. The average Bonchev–Trinajstić information content (AvgIpc) is 2.83. The molecule has 1 unspecified atom stereocenters. The van der Waals surface area contributed by atoms with Crippen LogP contribution < -0.4 is 10.6 Å². The number of nitrogens with zero attached hydrogens (tertiary/aromatic N) is 2. The maximum atomic E-state index is 9.21. The van der Waals surface area contributed by atoms with Gasteiger partial charge < -0.3 is 15.7 Å². The Kier molecular flexibility index (Phi) is 7.96. The van der Waals surface area contributed by atoms with Crippen LogP contribution in [0.15, 0.2) is 67.0 Å². The van der Waals surface area contributed by atoms with Gasteiger partial charge >= 0.3 is 0 Å². The third-order valence-corrected chi connectivity index (χ3v) is 5.10. The van der Waals surface area contributed by atoms with Gasteiger partial charge in [0.05, 0.1) is 18.2 Å². The summed E-state index contributed by atoms with van der Waals surface area (Å²) in [5, 5.41) is 24.8. The highest BCUT2D eigenvalue weighted by molar-refractivity contribution is 5.70. The lowest BCUT2D eigenvalue weighted by Crippen LogP contribution is -2.28. The van der Waals surface area contributed by atoms with Crippen LogP contribution in [0.2, 0.25) is 0 Å². The summed E-state index contributed by atoms with van der Waals surface area (Å²) < 4.78 is 0. The molecule has 0 radical (unpaired) electrons. The molecule has 3 aromatic rings. The highest BCUT2D eigenvalue weighted by Gasteiger charge is 2.17. The second-order valence-electron chi connectivity index (χ2n) is 7.26. The molecule has 0 saturated carbocycles. The fourth-order valence-corrected chi connectivity index (χ4v) is 3.42. The Hall–Kier alpha value is -3.20. The number of aryl methyl sites for hydroxylation is 1. The quantitative estimate of drug-likeness (QED) is 0.600. The number of nitriles is 1. The van der Waals surface area contributed by atoms with Crippen LogP contribution in [0.4, 0.5) is 5.69 Å². The highest BCUT2D eigenvalue weighted by Crippen LogP contribution is 2.30. The molecular formula is C25H28N4O. The number of aliphatic hydroxyl groups excluding tert-OH is 1. The van der Waals surface area contributed by atoms with Crippen molar-refractivity contribution in [1.82, 2.24) is 10.3 Å². The van der Waals surface area contributed by atoms with Crippen LogP contribution in [0, 0.1) is 11.3 Å². The minimum Gasteiger partial charge on any atom is -0.394 e. The lowest BCUT2D eigenvalue weighted by atomic mass is 9.94. The van der Waals surface area contributed by atoms with Crippen molar-refractivity contribution in [1.29, 1.82) is 5.26 Å². The van der Waals surface area contributed by atoms with Crippen molar-refractivity contribution in [2.24, 2.45) is 0 Å². The summed E-state index contributed by atoms with van der Waals surface area (Å²) in [5.41, 5.74) is 6.54. The Morgan fingerprint density at radius 2 is 1.93 bits per heavy atom. The summed E-state index contributed by atoms with van der Waals surface area (Å²) in [7, 11) is 0. The molecule has 154 valence electrons. The van der Waals surface area contributed by atoms with Crippen molar-refractivity contribution in [3.8, 4) is 17.2 Å². The lowest BCUT2D eigenvalue weighted by Gasteiger charge is -2.26. The molecule has 1 aromatic heterocycles. The molecule has 2 heterocycles. The van der Waals surface area contributed by atoms with E-state index in [1.807, 2.05) is 48.8 Å². The molecule has 3 N–H and O–H groups in total. The minimum absolute atomic E-state index is 0.162. The van der Waals surface area contributed by atoms with Crippen LogP contribution in [-0.2, 0) is 13.0 Å². The van der Waals surface area contributed by atoms with Crippen molar-refractivity contribution in [2.45, 2.75) is 32.4 Å². The third kappa shape index (κ3) is 5.90. The largest absolute Gasteiger partial charge is 0.394 e. The van der Waals surface area contributed by atoms with Gasteiger partial charge in [0.1, 0.15) is 0 Å². The van der Waals surface area contributed by atoms with Gasteiger partial charge in [-0.2, -0.15) is 5.26 Å². The third-order valence-electron chi connectivity index (χ3n) is 5.10. The molecule has 0 bridgehead atoms. The topological polar surface area (TPSA) is 81.0 Å². The number of hydrogen-bond donors (Lipinski definition) is 3. The van der Waals surface area contributed by atoms with E-state index in [4.69, 9.17) is 5.26 Å². The van der Waals surface area contributed by atoms with Crippen molar-refractivity contribution in [3.05, 3.63) is 83.7 Å². The summed E-state index contributed by atoms with van der Waals surface area (Å²) in [5.74, 6) is 0. The monoisotopic (exact) mass is 400 g/mol. The molecule has 5 heteroatoms. The fraction of sp³-hybridized carbons (Fsp3) is 0.280. The van der Waals surface area contributed by atoms with E-state index in [-0.39, 0.29) is 12.6 Å². The number of aromatic nitrogens is 1. The normalized spacial score (nSPS) is 14.5. The van der Waals surface area contributed by atoms with Crippen molar-refractivity contribution in [2.75, 3.05) is 18.5 Å². The van der Waals surface area contributed by atoms with Gasteiger partial charge in [-0.05, 0) is 78.0 Å². The van der Waals surface area contributed by atoms with Gasteiger partial charge in [0, 0.05) is 30.7 Å². The molecule has 1 aliphatic rings. The maximum Gasteiger partial charge on any atom is 0.0991 e. The Morgan fingerprint density at radius 1 is 1.13 bits per heavy atom. The van der Waals surface area contributed by atoms with Crippen LogP contribution in [0.3, 0.4) is 0 Å². The molecule has 1 aliphatic heterocycles. The number of pyridine rings is 1. The SMILES string of the molecule is CCNCc1ccncc1.N#Cc1cccc(-c2ccc3c(c2)CCC(CO)N3)c1. The predicted octanol–water partition coefficient (Wildman–Crippen LogP) is 4.14. The second-order valence-corrected chi connectivity index (χ2v) is 7.26. The van der Waals surface area contributed by atoms with E-state index in [9.17, 15) is 5.11 Å². The Morgan fingerprint density at radius 3 is 2.67 bits per heavy atom. The standard InChI is InChI=1S/C17H16N2O.C8H12N2/c18-10-12-2-1-3-13(8-12)14-5-7-17-15(9-14)4-6-16(11-20)19-17;1-2-9-7-8-3-5-10-6-4-8/h1-3,5,7-9,16,19-20H,4,6,11H2;3-6,9H,2,7H2,1H3. The summed E-state index contributed by atoms with van der Waals surface area (Å²) >= 11 is 0. The molecule has 1 atom stereocenters. The first-order valence-corrected chi connectivity index (χ1v) is 10.3. The molecular weight excluding hydrogens is 372 g/mol. The van der Waals surface area contributed by atoms with Crippen molar-refractivity contribution in [3.63, 3.8) is 0 Å². The summed E-state index contributed by atoms with van der Waals surface area (Å²) in [4.78, 5) is 3.93. The molecule has 0 amide bonds. The average molecular weight is 401 g/mol. The van der Waals surface area contributed by atoms with E-state index >= 15 is 0 Å². The zero-order valence-electron chi connectivity index (χ0n) is 17.3. The van der Waals surface area contributed by atoms with Crippen LogP contribution in [0.1, 0.15) is 30.0 Å². The minimum atomic E-state index is 0.162. The van der Waals surface area contributed by atoms with E-state index in [1.54, 1.807) is 0 Å². The van der Waals surface area contributed by atoms with Gasteiger partial charge in [-0.3, -0.25) is 4.98 Å². The van der Waals surface area contributed by atoms with Gasteiger partial charge in [0.25, 0.3) is 0 Å². The number of anilines is 1. The molecule has 0 saturated heterocycles. The summed E-state index contributed by atoms with van der Waals surface area (Å²) in [6.07, 6.45) is 5.55. The van der Waals surface area contributed by atoms with Crippen LogP contribution in [0.5, 0.6) is 0 Å². The number of hydrogen-bond acceptors (Lipinski definition) is 5. The molecule has 0 aliphatic carbocycles.